The van der Waals surface area contributed by atoms with Crippen molar-refractivity contribution in [3.63, 3.8) is 0 Å². The van der Waals surface area contributed by atoms with Gasteiger partial charge in [0.05, 0.1) is 19.6 Å². The van der Waals surface area contributed by atoms with Crippen molar-refractivity contribution in [3.05, 3.63) is 108 Å². The van der Waals surface area contributed by atoms with Crippen molar-refractivity contribution in [1.82, 2.24) is 41.9 Å². The molecule has 0 unspecified atom stereocenters. The SMILES string of the molecule is NC(N)=[NH+]CCC[C@@H]1NC(=O)[C@H](CCC[NH+]=C(N)N)NC(=O)[C@H](Cc2c[nH]c3ccccc23)NC(=O)[C@H](Cc2ccccc2)NC(=O)[C@H](Cc2c[nH]c3ccccc23)NC(=O)[C@H](CCC[NH+]=C(N)N)NC1=O. The standard InChI is InChI=1S/C49H65N17O6/c50-47(51)56-20-8-17-35-41(67)62-37(19-10-22-58-49(54)55)43(69)65-40(25-30-27-60-34-16-7-5-14-32(30)34)46(72)64-38(23-28-11-2-1-3-12-28)44(70)66-39(24-29-26-59-33-15-6-4-13-31(29)33)45(71)63-36(42(68)61-35)18-9-21-57-48(52)53/h1-7,11-16,26-27,35-40,59-60H,8-10,17-25H2,(H,61,68)(H,62,67)(H,63,71)(H,64,72)(H,65,69)(H,66,70)(H4,50,51,56)(H4,52,53,57)(H4,54,55,58)/p+3/t35-,36-,37-,38-,39-,40-/m0/s1. The minimum absolute atomic E-state index is 0.00724. The summed E-state index contributed by atoms with van der Waals surface area (Å²) in [6, 6.07) is 16.2. The number of aromatic nitrogens is 2. The number of guanidine groups is 3. The third-order valence-corrected chi connectivity index (χ3v) is 12.3. The molecule has 1 fully saturated rings. The largest absolute Gasteiger partial charge is 0.361 e. The Labute approximate surface area is 415 Å². The molecule has 6 amide bonds. The molecule has 0 radical (unpaired) electrons. The number of fused-ring (bicyclic) bond motifs is 2. The van der Waals surface area contributed by atoms with Crippen LogP contribution in [0.3, 0.4) is 0 Å². The Balaban J connectivity index is 1.44. The van der Waals surface area contributed by atoms with Crippen molar-refractivity contribution in [1.29, 1.82) is 0 Å². The van der Waals surface area contributed by atoms with Gasteiger partial charge in [-0.3, -0.25) is 78.1 Å². The van der Waals surface area contributed by atoms with Crippen molar-refractivity contribution in [2.75, 3.05) is 19.6 Å². The highest BCUT2D eigenvalue weighted by Crippen LogP contribution is 2.21. The van der Waals surface area contributed by atoms with Crippen LogP contribution in [0.5, 0.6) is 0 Å². The number of carbonyl (C=O) groups excluding carboxylic acids is 6. The van der Waals surface area contributed by atoms with Gasteiger partial charge in [0.15, 0.2) is 0 Å². The summed E-state index contributed by atoms with van der Waals surface area (Å²) < 4.78 is 0. The van der Waals surface area contributed by atoms with Gasteiger partial charge in [-0.05, 0) is 67.3 Å². The number of hydrogen-bond donors (Lipinski definition) is 17. The molecule has 2 aromatic heterocycles. The second-order valence-corrected chi connectivity index (χ2v) is 17.8. The van der Waals surface area contributed by atoms with Gasteiger partial charge in [0, 0.05) is 53.5 Å². The van der Waals surface area contributed by atoms with Crippen LogP contribution in [0.25, 0.3) is 21.8 Å². The molecular formula is C49H68N17O6+3. The normalized spacial score (nSPS) is 20.4. The lowest BCUT2D eigenvalue weighted by Crippen LogP contribution is -2.78. The number of para-hydroxylation sites is 2. The molecule has 1 saturated heterocycles. The number of rotatable bonds is 18. The average Bonchev–Trinajstić information content (AvgIpc) is 3.96. The molecule has 0 aliphatic carbocycles. The van der Waals surface area contributed by atoms with Crippen LogP contribution in [0.15, 0.2) is 91.3 Å². The Kier molecular flexibility index (Phi) is 18.9. The zero-order valence-corrected chi connectivity index (χ0v) is 40.0. The number of carbonyl (C=O) groups is 6. The fraction of sp³-hybridized carbons (Fsp3) is 0.367. The number of H-pyrrole nitrogens is 2. The van der Waals surface area contributed by atoms with Gasteiger partial charge in [-0.1, -0.05) is 66.7 Å². The van der Waals surface area contributed by atoms with E-state index in [0.717, 1.165) is 21.8 Å². The van der Waals surface area contributed by atoms with Crippen LogP contribution in [0, 0.1) is 0 Å². The number of benzene rings is 3. The minimum atomic E-state index is -1.31. The second kappa shape index (κ2) is 25.8. The van der Waals surface area contributed by atoms with E-state index in [-0.39, 0.29) is 95.3 Å². The van der Waals surface area contributed by atoms with Gasteiger partial charge in [0.1, 0.15) is 36.3 Å². The Morgan fingerprint density at radius 3 is 1.06 bits per heavy atom. The van der Waals surface area contributed by atoms with E-state index in [1.54, 1.807) is 36.7 Å². The Hall–Kier alpha value is -8.63. The van der Waals surface area contributed by atoms with Crippen LogP contribution in [-0.2, 0) is 48.0 Å². The van der Waals surface area contributed by atoms with Gasteiger partial charge in [-0.25, -0.2) is 0 Å². The van der Waals surface area contributed by atoms with Gasteiger partial charge in [0.25, 0.3) is 0 Å². The molecule has 72 heavy (non-hydrogen) atoms. The molecule has 6 rings (SSSR count). The summed E-state index contributed by atoms with van der Waals surface area (Å²) in [4.78, 5) is 103. The predicted octanol–water partition coefficient (Wildman–Crippen LogP) is -7.00. The van der Waals surface area contributed by atoms with Crippen molar-refractivity contribution in [2.24, 2.45) is 34.4 Å². The number of amides is 6. The van der Waals surface area contributed by atoms with E-state index in [9.17, 15) is 28.8 Å². The lowest BCUT2D eigenvalue weighted by Gasteiger charge is -2.29. The maximum atomic E-state index is 14.9. The van der Waals surface area contributed by atoms with Crippen LogP contribution >= 0.6 is 0 Å². The van der Waals surface area contributed by atoms with Crippen molar-refractivity contribution < 1.29 is 43.7 Å². The first-order chi connectivity index (χ1) is 34.6. The lowest BCUT2D eigenvalue weighted by molar-refractivity contribution is -0.460. The fourth-order valence-electron chi connectivity index (χ4n) is 8.58. The molecule has 23 N–H and O–H groups in total. The number of hydrogen-bond acceptors (Lipinski definition) is 6. The highest BCUT2D eigenvalue weighted by Gasteiger charge is 2.36. The van der Waals surface area contributed by atoms with E-state index in [0.29, 0.717) is 16.7 Å². The second-order valence-electron chi connectivity index (χ2n) is 17.8. The van der Waals surface area contributed by atoms with Crippen LogP contribution < -0.4 is 81.3 Å². The highest BCUT2D eigenvalue weighted by atomic mass is 16.2. The van der Waals surface area contributed by atoms with E-state index in [2.05, 4.69) is 56.8 Å². The first kappa shape index (κ1) is 52.7. The summed E-state index contributed by atoms with van der Waals surface area (Å²) in [7, 11) is 0. The summed E-state index contributed by atoms with van der Waals surface area (Å²) in [6.07, 6.45) is 4.31. The van der Waals surface area contributed by atoms with Gasteiger partial charge in [0.2, 0.25) is 35.4 Å². The van der Waals surface area contributed by atoms with Crippen molar-refractivity contribution in [3.8, 4) is 0 Å². The Morgan fingerprint density at radius 1 is 0.389 bits per heavy atom. The smallest absolute Gasteiger partial charge is 0.338 e. The van der Waals surface area contributed by atoms with E-state index in [1.165, 1.54) is 0 Å². The summed E-state index contributed by atoms with van der Waals surface area (Å²) in [6.45, 7) is 0.680. The predicted molar refractivity (Wildman–Crippen MR) is 271 cm³/mol. The molecule has 0 saturated carbocycles. The van der Waals surface area contributed by atoms with E-state index in [1.807, 2.05) is 54.6 Å². The summed E-state index contributed by atoms with van der Waals surface area (Å²) in [5.74, 6) is -4.45. The molecular weight excluding hydrogens is 923 g/mol. The monoisotopic (exact) mass is 991 g/mol. The molecule has 5 aromatic rings. The summed E-state index contributed by atoms with van der Waals surface area (Å²) in [5, 5.41) is 18.8. The average molecular weight is 991 g/mol. The molecule has 0 bridgehead atoms. The number of nitrogens with two attached hydrogens (primary N) is 6. The number of aromatic amines is 2. The zero-order chi connectivity index (χ0) is 51.6. The molecule has 23 nitrogen and oxygen atoms in total. The third-order valence-electron chi connectivity index (χ3n) is 12.3. The lowest BCUT2D eigenvalue weighted by atomic mass is 9.99. The quantitative estimate of drug-likeness (QED) is 0.0221. The van der Waals surface area contributed by atoms with E-state index in [4.69, 9.17) is 34.4 Å². The molecule has 3 aromatic carbocycles. The summed E-state index contributed by atoms with van der Waals surface area (Å²) in [5.41, 5.74) is 37.5. The molecule has 1 aliphatic rings. The maximum absolute atomic E-state index is 14.9. The van der Waals surface area contributed by atoms with Crippen LogP contribution in [-0.4, -0.2) is 119 Å². The Bertz CT molecular complexity index is 2660. The van der Waals surface area contributed by atoms with Crippen LogP contribution in [0.4, 0.5) is 0 Å². The zero-order valence-electron chi connectivity index (χ0n) is 40.0. The van der Waals surface area contributed by atoms with Crippen molar-refractivity contribution >= 4 is 75.1 Å². The fourth-order valence-corrected chi connectivity index (χ4v) is 8.58. The highest BCUT2D eigenvalue weighted by molar-refractivity contribution is 5.99. The molecule has 0 spiro atoms. The maximum Gasteiger partial charge on any atom is 0.338 e. The van der Waals surface area contributed by atoms with Gasteiger partial charge >= 0.3 is 17.9 Å². The van der Waals surface area contributed by atoms with Gasteiger partial charge < -0.3 is 41.9 Å². The summed E-state index contributed by atoms with van der Waals surface area (Å²) >= 11 is 0. The molecule has 23 heteroatoms. The Morgan fingerprint density at radius 2 is 0.694 bits per heavy atom. The molecule has 1 aliphatic heterocycles. The van der Waals surface area contributed by atoms with Crippen LogP contribution in [0.2, 0.25) is 0 Å². The molecule has 6 atom stereocenters. The number of nitrogens with one attached hydrogen (secondary N) is 11. The third kappa shape index (κ3) is 15.4. The van der Waals surface area contributed by atoms with E-state index >= 15 is 0 Å². The van der Waals surface area contributed by atoms with Gasteiger partial charge in [-0.2, -0.15) is 0 Å². The van der Waals surface area contributed by atoms with Gasteiger partial charge in [-0.15, -0.1) is 0 Å². The topological polar surface area (TPSA) is 404 Å². The minimum Gasteiger partial charge on any atom is -0.361 e. The van der Waals surface area contributed by atoms with Crippen LogP contribution in [0.1, 0.15) is 55.2 Å². The first-order valence-corrected chi connectivity index (χ1v) is 24.0. The molecule has 382 valence electrons. The first-order valence-electron chi connectivity index (χ1n) is 24.0. The molecule has 3 heterocycles. The van der Waals surface area contributed by atoms with E-state index < -0.39 is 71.7 Å². The van der Waals surface area contributed by atoms with Crippen molar-refractivity contribution in [2.45, 2.75) is 94.0 Å².